The van der Waals surface area contributed by atoms with E-state index in [4.69, 9.17) is 0 Å². The molecule has 0 aromatic carbocycles. The summed E-state index contributed by atoms with van der Waals surface area (Å²) in [6, 6.07) is 0. The van der Waals surface area contributed by atoms with Crippen LogP contribution in [0.1, 0.15) is 40.5 Å². The molecule has 0 saturated heterocycles. The van der Waals surface area contributed by atoms with Gasteiger partial charge in [-0.05, 0) is 35.2 Å². The maximum Gasteiger partial charge on any atom is 0.209 e. The van der Waals surface area contributed by atoms with Crippen molar-refractivity contribution in [1.82, 2.24) is 25.5 Å². The van der Waals surface area contributed by atoms with Crippen LogP contribution in [0.25, 0.3) is 0 Å². The Morgan fingerprint density at radius 2 is 2.06 bits per heavy atom. The molecule has 1 N–H and O–H groups in total. The first-order chi connectivity index (χ1) is 8.53. The number of tetrazole rings is 1. The Balaban J connectivity index is 2.31. The maximum atomic E-state index is 4.07. The Morgan fingerprint density at radius 3 is 2.72 bits per heavy atom. The number of nitrogens with zero attached hydrogens (tertiary/aromatic N) is 4. The standard InChI is InChI=1S/C12H25N5S/c1-5-7-13-8-9-17-11(14-15-16-17)18-10-6-12(2,3)4/h13H,5-10H2,1-4H3. The zero-order valence-corrected chi connectivity index (χ0v) is 12.8. The van der Waals surface area contributed by atoms with Crippen molar-refractivity contribution < 1.29 is 0 Å². The van der Waals surface area contributed by atoms with E-state index in [1.807, 2.05) is 4.68 Å². The van der Waals surface area contributed by atoms with E-state index >= 15 is 0 Å². The quantitative estimate of drug-likeness (QED) is 0.580. The second kappa shape index (κ2) is 7.74. The summed E-state index contributed by atoms with van der Waals surface area (Å²) in [5.41, 5.74) is 0.369. The molecule has 1 aromatic rings. The van der Waals surface area contributed by atoms with Crippen LogP contribution in [0.4, 0.5) is 0 Å². The highest BCUT2D eigenvalue weighted by molar-refractivity contribution is 7.99. The average Bonchev–Trinajstić information content (AvgIpc) is 2.71. The van der Waals surface area contributed by atoms with Gasteiger partial charge in [0, 0.05) is 12.3 Å². The molecule has 0 spiro atoms. The lowest BCUT2D eigenvalue weighted by Gasteiger charge is -2.16. The average molecular weight is 271 g/mol. The topological polar surface area (TPSA) is 55.6 Å². The predicted molar refractivity (Wildman–Crippen MR) is 75.8 cm³/mol. The minimum absolute atomic E-state index is 0.369. The third-order valence-corrected chi connectivity index (χ3v) is 3.47. The highest BCUT2D eigenvalue weighted by Crippen LogP contribution is 2.24. The summed E-state index contributed by atoms with van der Waals surface area (Å²) < 4.78 is 1.88. The summed E-state index contributed by atoms with van der Waals surface area (Å²) in [7, 11) is 0. The van der Waals surface area contributed by atoms with Crippen molar-refractivity contribution in [3.8, 4) is 0 Å². The van der Waals surface area contributed by atoms with Gasteiger partial charge in [-0.15, -0.1) is 5.10 Å². The first-order valence-corrected chi connectivity index (χ1v) is 7.61. The molecule has 18 heavy (non-hydrogen) atoms. The van der Waals surface area contributed by atoms with E-state index in [2.05, 4.69) is 48.5 Å². The molecule has 6 heteroatoms. The van der Waals surface area contributed by atoms with Gasteiger partial charge in [0.15, 0.2) is 0 Å². The highest BCUT2D eigenvalue weighted by Gasteiger charge is 2.12. The van der Waals surface area contributed by atoms with Crippen LogP contribution < -0.4 is 5.32 Å². The molecule has 0 aliphatic rings. The molecule has 0 bridgehead atoms. The fourth-order valence-corrected chi connectivity index (χ4v) is 2.64. The van der Waals surface area contributed by atoms with Gasteiger partial charge in [0.2, 0.25) is 5.16 Å². The number of rotatable bonds is 8. The fourth-order valence-electron chi connectivity index (χ4n) is 1.38. The lowest BCUT2D eigenvalue weighted by molar-refractivity contribution is 0.401. The molecular weight excluding hydrogens is 246 g/mol. The van der Waals surface area contributed by atoms with Crippen molar-refractivity contribution in [2.24, 2.45) is 5.41 Å². The molecule has 5 nitrogen and oxygen atoms in total. The minimum Gasteiger partial charge on any atom is -0.315 e. The summed E-state index contributed by atoms with van der Waals surface area (Å²) in [6.45, 7) is 11.7. The third kappa shape index (κ3) is 6.35. The minimum atomic E-state index is 0.369. The van der Waals surface area contributed by atoms with Crippen LogP contribution in [0.15, 0.2) is 5.16 Å². The van der Waals surface area contributed by atoms with Crippen LogP contribution in [0.5, 0.6) is 0 Å². The zero-order valence-electron chi connectivity index (χ0n) is 11.9. The van der Waals surface area contributed by atoms with Gasteiger partial charge in [-0.1, -0.05) is 39.5 Å². The molecule has 0 amide bonds. The van der Waals surface area contributed by atoms with Gasteiger partial charge in [0.05, 0.1) is 6.54 Å². The van der Waals surface area contributed by atoms with E-state index in [0.717, 1.165) is 37.0 Å². The second-order valence-electron chi connectivity index (χ2n) is 5.59. The third-order valence-electron chi connectivity index (χ3n) is 2.51. The number of nitrogens with one attached hydrogen (secondary N) is 1. The van der Waals surface area contributed by atoms with Crippen molar-refractivity contribution in [2.75, 3.05) is 18.8 Å². The van der Waals surface area contributed by atoms with Crippen LogP contribution in [0.2, 0.25) is 0 Å². The molecule has 1 heterocycles. The van der Waals surface area contributed by atoms with Gasteiger partial charge in [0.25, 0.3) is 0 Å². The largest absolute Gasteiger partial charge is 0.315 e. The molecule has 104 valence electrons. The summed E-state index contributed by atoms with van der Waals surface area (Å²) in [5.74, 6) is 1.06. The van der Waals surface area contributed by atoms with Crippen LogP contribution >= 0.6 is 11.8 Å². The van der Waals surface area contributed by atoms with Crippen LogP contribution in [0.3, 0.4) is 0 Å². The van der Waals surface area contributed by atoms with Gasteiger partial charge >= 0.3 is 0 Å². The number of hydrogen-bond acceptors (Lipinski definition) is 5. The van der Waals surface area contributed by atoms with Crippen molar-refractivity contribution in [3.63, 3.8) is 0 Å². The first kappa shape index (κ1) is 15.4. The van der Waals surface area contributed by atoms with Gasteiger partial charge in [0.1, 0.15) is 0 Å². The summed E-state index contributed by atoms with van der Waals surface area (Å²) in [4.78, 5) is 0. The van der Waals surface area contributed by atoms with Gasteiger partial charge in [-0.2, -0.15) is 0 Å². The predicted octanol–water partition coefficient (Wildman–Crippen LogP) is 2.20. The Morgan fingerprint density at radius 1 is 1.28 bits per heavy atom. The Labute approximate surface area is 114 Å². The van der Waals surface area contributed by atoms with E-state index in [1.165, 1.54) is 6.42 Å². The Kier molecular flexibility index (Phi) is 6.63. The molecule has 1 aromatic heterocycles. The van der Waals surface area contributed by atoms with Crippen LogP contribution in [-0.2, 0) is 6.54 Å². The fraction of sp³-hybridized carbons (Fsp3) is 0.917. The summed E-state index contributed by atoms with van der Waals surface area (Å²) in [6.07, 6.45) is 2.32. The van der Waals surface area contributed by atoms with E-state index < -0.39 is 0 Å². The van der Waals surface area contributed by atoms with Crippen molar-refractivity contribution in [3.05, 3.63) is 0 Å². The number of aromatic nitrogens is 4. The molecule has 0 aliphatic carbocycles. The molecule has 0 unspecified atom stereocenters. The SMILES string of the molecule is CCCNCCn1nnnc1SCCC(C)(C)C. The van der Waals surface area contributed by atoms with Gasteiger partial charge in [-0.3, -0.25) is 0 Å². The van der Waals surface area contributed by atoms with Crippen molar-refractivity contribution >= 4 is 11.8 Å². The van der Waals surface area contributed by atoms with Gasteiger partial charge < -0.3 is 5.32 Å². The second-order valence-corrected chi connectivity index (χ2v) is 6.66. The number of thioether (sulfide) groups is 1. The van der Waals surface area contributed by atoms with Crippen LogP contribution in [0, 0.1) is 5.41 Å². The molecule has 0 aliphatic heterocycles. The van der Waals surface area contributed by atoms with Gasteiger partial charge in [-0.25, -0.2) is 4.68 Å². The van der Waals surface area contributed by atoms with Crippen molar-refractivity contribution in [1.29, 1.82) is 0 Å². The van der Waals surface area contributed by atoms with E-state index in [0.29, 0.717) is 5.41 Å². The lowest BCUT2D eigenvalue weighted by Crippen LogP contribution is -2.21. The van der Waals surface area contributed by atoms with Crippen molar-refractivity contribution in [2.45, 2.75) is 52.2 Å². The van der Waals surface area contributed by atoms with E-state index in [1.54, 1.807) is 11.8 Å². The Hall–Kier alpha value is -0.620. The van der Waals surface area contributed by atoms with E-state index in [9.17, 15) is 0 Å². The monoisotopic (exact) mass is 271 g/mol. The Bertz CT molecular complexity index is 331. The molecule has 1 rings (SSSR count). The molecule has 0 saturated carbocycles. The molecular formula is C12H25N5S. The smallest absolute Gasteiger partial charge is 0.209 e. The lowest BCUT2D eigenvalue weighted by atomic mass is 9.94. The summed E-state index contributed by atoms with van der Waals surface area (Å²) >= 11 is 1.74. The maximum absolute atomic E-state index is 4.07. The molecule has 0 radical (unpaired) electrons. The molecule has 0 fully saturated rings. The number of hydrogen-bond donors (Lipinski definition) is 1. The first-order valence-electron chi connectivity index (χ1n) is 6.62. The highest BCUT2D eigenvalue weighted by atomic mass is 32.2. The zero-order chi connectivity index (χ0) is 13.4. The van der Waals surface area contributed by atoms with E-state index in [-0.39, 0.29) is 0 Å². The molecule has 0 atom stereocenters. The normalized spacial score (nSPS) is 12.0. The van der Waals surface area contributed by atoms with Crippen LogP contribution in [-0.4, -0.2) is 39.0 Å². The summed E-state index contributed by atoms with van der Waals surface area (Å²) in [5, 5.41) is 16.1.